The van der Waals surface area contributed by atoms with Crippen molar-refractivity contribution in [2.24, 2.45) is 0 Å². The number of thiophene rings is 1. The third kappa shape index (κ3) is 4.37. The van der Waals surface area contributed by atoms with Crippen LogP contribution in [0.3, 0.4) is 0 Å². The van der Waals surface area contributed by atoms with Crippen LogP contribution in [0, 0.1) is 6.92 Å². The number of carbonyl (C=O) groups is 1. The molecule has 1 aromatic carbocycles. The highest BCUT2D eigenvalue weighted by Gasteiger charge is 2.28. The van der Waals surface area contributed by atoms with Gasteiger partial charge in [0.05, 0.1) is 17.3 Å². The van der Waals surface area contributed by atoms with Crippen molar-refractivity contribution in [1.29, 1.82) is 0 Å². The van der Waals surface area contributed by atoms with Gasteiger partial charge < -0.3 is 5.32 Å². The first-order chi connectivity index (χ1) is 13.4. The fourth-order valence-corrected chi connectivity index (χ4v) is 6.84. The summed E-state index contributed by atoms with van der Waals surface area (Å²) < 4.78 is 23.1. The molecule has 0 unspecified atom stereocenters. The van der Waals surface area contributed by atoms with E-state index in [1.807, 2.05) is 25.1 Å². The van der Waals surface area contributed by atoms with Crippen molar-refractivity contribution < 1.29 is 13.2 Å². The number of sulfone groups is 1. The van der Waals surface area contributed by atoms with Crippen LogP contribution in [-0.2, 0) is 14.6 Å². The van der Waals surface area contributed by atoms with Gasteiger partial charge in [0.2, 0.25) is 5.91 Å². The predicted molar refractivity (Wildman–Crippen MR) is 114 cm³/mol. The van der Waals surface area contributed by atoms with Gasteiger partial charge in [0, 0.05) is 16.3 Å². The van der Waals surface area contributed by atoms with Gasteiger partial charge in [-0.05, 0) is 25.0 Å². The average molecular weight is 434 g/mol. The number of nitrogens with one attached hydrogen (secondary N) is 1. The highest BCUT2D eigenvalue weighted by atomic mass is 32.2. The number of fused-ring (bicyclic) bond motifs is 1. The Bertz CT molecular complexity index is 1130. The third-order valence-corrected chi connectivity index (χ3v) is 8.30. The van der Waals surface area contributed by atoms with Crippen molar-refractivity contribution in [3.8, 4) is 10.4 Å². The summed E-state index contributed by atoms with van der Waals surface area (Å²) in [5, 5.41) is 4.53. The van der Waals surface area contributed by atoms with E-state index in [1.54, 1.807) is 11.3 Å². The van der Waals surface area contributed by atoms with Crippen molar-refractivity contribution in [2.75, 3.05) is 17.3 Å². The second-order valence-corrected chi connectivity index (χ2v) is 11.0. The Kier molecular flexibility index (Phi) is 5.39. The maximum atomic E-state index is 12.3. The molecule has 1 N–H and O–H groups in total. The molecule has 1 atom stereocenters. The third-order valence-electron chi connectivity index (χ3n) is 4.47. The molecule has 1 amide bonds. The summed E-state index contributed by atoms with van der Waals surface area (Å²) in [6.45, 7) is 1.84. The lowest BCUT2D eigenvalue weighted by Gasteiger charge is -2.10. The second-order valence-electron chi connectivity index (χ2n) is 6.73. The van der Waals surface area contributed by atoms with Gasteiger partial charge in [0.15, 0.2) is 9.84 Å². The van der Waals surface area contributed by atoms with E-state index in [1.165, 1.54) is 11.8 Å². The Labute approximate surface area is 171 Å². The van der Waals surface area contributed by atoms with Crippen molar-refractivity contribution in [3.63, 3.8) is 0 Å². The van der Waals surface area contributed by atoms with Gasteiger partial charge >= 0.3 is 0 Å². The van der Waals surface area contributed by atoms with Crippen LogP contribution in [0.4, 0.5) is 0 Å². The van der Waals surface area contributed by atoms with E-state index in [2.05, 4.69) is 33.5 Å². The number of amides is 1. The summed E-state index contributed by atoms with van der Waals surface area (Å²) in [6.07, 6.45) is 0.487. The summed E-state index contributed by atoms with van der Waals surface area (Å²) in [7, 11) is -3.01. The van der Waals surface area contributed by atoms with Crippen LogP contribution < -0.4 is 5.32 Å². The zero-order valence-corrected chi connectivity index (χ0v) is 17.7. The molecule has 6 nitrogen and oxygen atoms in total. The summed E-state index contributed by atoms with van der Waals surface area (Å²) in [6, 6.07) is 11.9. The lowest BCUT2D eigenvalue weighted by atomic mass is 10.2. The number of rotatable bonds is 5. The molecule has 3 heterocycles. The number of aromatic nitrogens is 2. The van der Waals surface area contributed by atoms with Crippen molar-refractivity contribution in [1.82, 2.24) is 15.3 Å². The topological polar surface area (TPSA) is 89.0 Å². The molecule has 28 heavy (non-hydrogen) atoms. The number of nitrogens with zero attached hydrogens (tertiary/aromatic N) is 2. The fraction of sp³-hybridized carbons (Fsp3) is 0.316. The minimum Gasteiger partial charge on any atom is -0.352 e. The monoisotopic (exact) mass is 433 g/mol. The first-order valence-electron chi connectivity index (χ1n) is 8.86. The van der Waals surface area contributed by atoms with E-state index in [0.29, 0.717) is 12.2 Å². The van der Waals surface area contributed by atoms with Gasteiger partial charge in [0.25, 0.3) is 0 Å². The smallest absolute Gasteiger partial charge is 0.230 e. The molecule has 0 spiro atoms. The van der Waals surface area contributed by atoms with Crippen molar-refractivity contribution in [3.05, 3.63) is 42.2 Å². The van der Waals surface area contributed by atoms with Crippen LogP contribution in [0.25, 0.3) is 20.7 Å². The standard InChI is InChI=1S/C19H19N3O3S3/c1-12-20-18(26-10-17(23)22-14-7-8-28(24,25)11-14)15-9-16(27-19(15)21-12)13-5-3-2-4-6-13/h2-6,9,14H,7-8,10-11H2,1H3,(H,22,23)/t14-/m0/s1. The van der Waals surface area contributed by atoms with E-state index in [4.69, 9.17) is 0 Å². The van der Waals surface area contributed by atoms with Gasteiger partial charge in [-0.25, -0.2) is 18.4 Å². The molecule has 1 saturated heterocycles. The molecule has 9 heteroatoms. The Balaban J connectivity index is 1.50. The normalized spacial score (nSPS) is 18.4. The highest BCUT2D eigenvalue weighted by Crippen LogP contribution is 2.36. The molecule has 0 aliphatic carbocycles. The summed E-state index contributed by atoms with van der Waals surface area (Å²) in [5.41, 5.74) is 1.12. The minimum absolute atomic E-state index is 0.0330. The van der Waals surface area contributed by atoms with Crippen molar-refractivity contribution >= 4 is 49.1 Å². The number of benzene rings is 1. The largest absolute Gasteiger partial charge is 0.352 e. The molecule has 3 aromatic rings. The average Bonchev–Trinajstić information content (AvgIpc) is 3.23. The molecule has 1 aliphatic rings. The molecular formula is C19H19N3O3S3. The molecule has 146 valence electrons. The maximum absolute atomic E-state index is 12.3. The zero-order valence-electron chi connectivity index (χ0n) is 15.2. The van der Waals surface area contributed by atoms with Gasteiger partial charge in [0.1, 0.15) is 15.7 Å². The number of hydrogen-bond donors (Lipinski definition) is 1. The van der Waals surface area contributed by atoms with Crippen LogP contribution >= 0.6 is 23.1 Å². The van der Waals surface area contributed by atoms with E-state index < -0.39 is 9.84 Å². The molecular weight excluding hydrogens is 414 g/mol. The maximum Gasteiger partial charge on any atom is 0.230 e. The molecule has 0 saturated carbocycles. The van der Waals surface area contributed by atoms with Gasteiger partial charge in [-0.1, -0.05) is 42.1 Å². The fourth-order valence-electron chi connectivity index (χ4n) is 3.16. The lowest BCUT2D eigenvalue weighted by Crippen LogP contribution is -2.36. The van der Waals surface area contributed by atoms with Crippen LogP contribution in [-0.4, -0.2) is 47.6 Å². The molecule has 2 aromatic heterocycles. The Morgan fingerprint density at radius 1 is 1.29 bits per heavy atom. The number of aryl methyl sites for hydroxylation is 1. The van der Waals surface area contributed by atoms with E-state index in [9.17, 15) is 13.2 Å². The SMILES string of the molecule is Cc1nc(SCC(=O)N[C@H]2CCS(=O)(=O)C2)c2cc(-c3ccccc3)sc2n1. The van der Waals surface area contributed by atoms with Crippen LogP contribution in [0.2, 0.25) is 0 Å². The lowest BCUT2D eigenvalue weighted by molar-refractivity contribution is -0.119. The zero-order chi connectivity index (χ0) is 19.7. The molecule has 0 bridgehead atoms. The van der Waals surface area contributed by atoms with Crippen LogP contribution in [0.5, 0.6) is 0 Å². The Hall–Kier alpha value is -1.97. The van der Waals surface area contributed by atoms with Gasteiger partial charge in [-0.3, -0.25) is 4.79 Å². The van der Waals surface area contributed by atoms with Crippen LogP contribution in [0.1, 0.15) is 12.2 Å². The highest BCUT2D eigenvalue weighted by molar-refractivity contribution is 8.00. The predicted octanol–water partition coefficient (Wildman–Crippen LogP) is 3.06. The Morgan fingerprint density at radius 3 is 2.79 bits per heavy atom. The van der Waals surface area contributed by atoms with E-state index in [-0.39, 0.29) is 29.2 Å². The summed E-state index contributed by atoms with van der Waals surface area (Å²) in [5.74, 6) is 0.867. The molecule has 1 fully saturated rings. The number of thioether (sulfide) groups is 1. The van der Waals surface area contributed by atoms with Crippen LogP contribution in [0.15, 0.2) is 41.4 Å². The van der Waals surface area contributed by atoms with Crippen molar-refractivity contribution in [2.45, 2.75) is 24.4 Å². The van der Waals surface area contributed by atoms with E-state index >= 15 is 0 Å². The first kappa shape index (κ1) is 19.4. The molecule has 0 radical (unpaired) electrons. The van der Waals surface area contributed by atoms with Gasteiger partial charge in [-0.2, -0.15) is 0 Å². The number of carbonyl (C=O) groups excluding carboxylic acids is 1. The second kappa shape index (κ2) is 7.81. The first-order valence-corrected chi connectivity index (χ1v) is 12.5. The quantitative estimate of drug-likeness (QED) is 0.491. The van der Waals surface area contributed by atoms with E-state index in [0.717, 1.165) is 25.7 Å². The Morgan fingerprint density at radius 2 is 2.07 bits per heavy atom. The molecule has 1 aliphatic heterocycles. The number of hydrogen-bond acceptors (Lipinski definition) is 7. The summed E-state index contributed by atoms with van der Waals surface area (Å²) >= 11 is 2.97. The van der Waals surface area contributed by atoms with Gasteiger partial charge in [-0.15, -0.1) is 11.3 Å². The summed E-state index contributed by atoms with van der Waals surface area (Å²) in [4.78, 5) is 23.3. The molecule has 4 rings (SSSR count). The minimum atomic E-state index is -3.01.